The number of carbonyl (C=O) groups is 3. The number of nitrogens with zero attached hydrogens (tertiary/aromatic N) is 3. The number of amides is 3. The number of hydrogen-bond donors (Lipinski definition) is 0. The Morgan fingerprint density at radius 2 is 1.78 bits per heavy atom. The highest BCUT2D eigenvalue weighted by Gasteiger charge is 2.22. The van der Waals surface area contributed by atoms with Crippen molar-refractivity contribution in [2.75, 3.05) is 39.3 Å². The van der Waals surface area contributed by atoms with Crippen LogP contribution in [0.4, 0.5) is 0 Å². The number of benzene rings is 1. The fourth-order valence-electron chi connectivity index (χ4n) is 2.60. The van der Waals surface area contributed by atoms with E-state index in [-0.39, 0.29) is 18.4 Å². The Balaban J connectivity index is 1.85. The maximum atomic E-state index is 12.3. The zero-order valence-electron chi connectivity index (χ0n) is 13.5. The summed E-state index contributed by atoms with van der Waals surface area (Å²) in [4.78, 5) is 39.8. The van der Waals surface area contributed by atoms with Crippen molar-refractivity contribution in [3.8, 4) is 0 Å². The highest BCUT2D eigenvalue weighted by molar-refractivity contribution is 5.84. The lowest BCUT2D eigenvalue weighted by Crippen LogP contribution is -2.51. The molecule has 1 aromatic rings. The van der Waals surface area contributed by atoms with E-state index in [0.29, 0.717) is 32.7 Å². The predicted octanol–water partition coefficient (Wildman–Crippen LogP) is 0.378. The van der Waals surface area contributed by atoms with Crippen molar-refractivity contribution in [1.29, 1.82) is 0 Å². The highest BCUT2D eigenvalue weighted by atomic mass is 16.2. The molecule has 1 saturated heterocycles. The Bertz CT molecular complexity index is 539. The molecule has 0 N–H and O–H groups in total. The maximum absolute atomic E-state index is 12.3. The predicted molar refractivity (Wildman–Crippen MR) is 86.6 cm³/mol. The summed E-state index contributed by atoms with van der Waals surface area (Å²) in [5.41, 5.74) is 1.14. The topological polar surface area (TPSA) is 60.9 Å². The number of hydrogen-bond acceptors (Lipinski definition) is 3. The first-order valence-electron chi connectivity index (χ1n) is 7.86. The lowest BCUT2D eigenvalue weighted by Gasteiger charge is -2.34. The van der Waals surface area contributed by atoms with Gasteiger partial charge in [-0.05, 0) is 12.0 Å². The minimum absolute atomic E-state index is 0.0567. The molecule has 0 saturated carbocycles. The van der Waals surface area contributed by atoms with Crippen LogP contribution < -0.4 is 0 Å². The molecule has 1 aromatic carbocycles. The Kier molecular flexibility index (Phi) is 6.14. The standard InChI is InChI=1S/C17H23N3O3/c1-15(22)20(8-7-16-5-3-2-4-6-16)13-17(23)19-11-9-18(14-21)10-12-19/h2-6,14H,7-13H2,1H3. The summed E-state index contributed by atoms with van der Waals surface area (Å²) in [5.74, 6) is -0.153. The van der Waals surface area contributed by atoms with E-state index >= 15 is 0 Å². The van der Waals surface area contributed by atoms with Gasteiger partial charge in [0.2, 0.25) is 18.2 Å². The van der Waals surface area contributed by atoms with E-state index in [1.54, 1.807) is 14.7 Å². The molecule has 6 nitrogen and oxygen atoms in total. The van der Waals surface area contributed by atoms with Crippen LogP contribution in [0.15, 0.2) is 30.3 Å². The van der Waals surface area contributed by atoms with E-state index in [1.807, 2.05) is 30.3 Å². The summed E-state index contributed by atoms with van der Waals surface area (Å²) in [6, 6.07) is 9.91. The molecular weight excluding hydrogens is 294 g/mol. The van der Waals surface area contributed by atoms with Gasteiger partial charge < -0.3 is 14.7 Å². The second-order valence-corrected chi connectivity index (χ2v) is 5.70. The molecule has 3 amide bonds. The third-order valence-corrected chi connectivity index (χ3v) is 4.10. The number of carbonyl (C=O) groups excluding carboxylic acids is 3. The fraction of sp³-hybridized carbons (Fsp3) is 0.471. The van der Waals surface area contributed by atoms with Gasteiger partial charge in [0.05, 0.1) is 6.54 Å². The van der Waals surface area contributed by atoms with E-state index < -0.39 is 0 Å². The molecule has 0 radical (unpaired) electrons. The van der Waals surface area contributed by atoms with Gasteiger partial charge in [-0.15, -0.1) is 0 Å². The first-order valence-corrected chi connectivity index (χ1v) is 7.86. The third-order valence-electron chi connectivity index (χ3n) is 4.10. The molecule has 0 atom stereocenters. The molecule has 1 aliphatic heterocycles. The molecule has 124 valence electrons. The van der Waals surface area contributed by atoms with Crippen molar-refractivity contribution >= 4 is 18.2 Å². The summed E-state index contributed by atoms with van der Waals surface area (Å²) < 4.78 is 0. The smallest absolute Gasteiger partial charge is 0.242 e. The normalized spacial score (nSPS) is 14.5. The fourth-order valence-corrected chi connectivity index (χ4v) is 2.60. The summed E-state index contributed by atoms with van der Waals surface area (Å²) >= 11 is 0. The van der Waals surface area contributed by atoms with Crippen LogP contribution in [0.25, 0.3) is 0 Å². The zero-order valence-corrected chi connectivity index (χ0v) is 13.5. The number of rotatable bonds is 6. The van der Waals surface area contributed by atoms with Crippen LogP contribution in [0.5, 0.6) is 0 Å². The molecule has 0 aromatic heterocycles. The summed E-state index contributed by atoms with van der Waals surface area (Å²) in [5, 5.41) is 0. The van der Waals surface area contributed by atoms with E-state index in [4.69, 9.17) is 0 Å². The highest BCUT2D eigenvalue weighted by Crippen LogP contribution is 2.05. The molecule has 1 fully saturated rings. The summed E-state index contributed by atoms with van der Waals surface area (Å²) in [6.07, 6.45) is 1.54. The minimum atomic E-state index is -0.0965. The Morgan fingerprint density at radius 1 is 1.13 bits per heavy atom. The van der Waals surface area contributed by atoms with Crippen LogP contribution in [-0.4, -0.2) is 72.2 Å². The van der Waals surface area contributed by atoms with Gasteiger partial charge in [0.15, 0.2) is 0 Å². The molecule has 2 rings (SSSR count). The first-order chi connectivity index (χ1) is 11.1. The average molecular weight is 317 g/mol. The second-order valence-electron chi connectivity index (χ2n) is 5.70. The van der Waals surface area contributed by atoms with Crippen LogP contribution >= 0.6 is 0 Å². The molecule has 23 heavy (non-hydrogen) atoms. The molecule has 0 aliphatic carbocycles. The molecule has 0 bridgehead atoms. The van der Waals surface area contributed by atoms with Gasteiger partial charge in [0.25, 0.3) is 0 Å². The zero-order chi connectivity index (χ0) is 16.7. The van der Waals surface area contributed by atoms with Crippen molar-refractivity contribution < 1.29 is 14.4 Å². The van der Waals surface area contributed by atoms with Crippen LogP contribution in [0.3, 0.4) is 0 Å². The lowest BCUT2D eigenvalue weighted by molar-refractivity contribution is -0.141. The van der Waals surface area contributed by atoms with Crippen molar-refractivity contribution in [2.24, 2.45) is 0 Å². The second kappa shape index (κ2) is 8.31. The van der Waals surface area contributed by atoms with Crippen molar-refractivity contribution in [1.82, 2.24) is 14.7 Å². The molecule has 0 spiro atoms. The van der Waals surface area contributed by atoms with Gasteiger partial charge in [-0.25, -0.2) is 0 Å². The van der Waals surface area contributed by atoms with Crippen LogP contribution in [0, 0.1) is 0 Å². The van der Waals surface area contributed by atoms with Crippen molar-refractivity contribution in [2.45, 2.75) is 13.3 Å². The van der Waals surface area contributed by atoms with E-state index in [0.717, 1.165) is 18.4 Å². The van der Waals surface area contributed by atoms with Gasteiger partial charge in [0.1, 0.15) is 0 Å². The average Bonchev–Trinajstić information content (AvgIpc) is 2.59. The quantitative estimate of drug-likeness (QED) is 0.713. The van der Waals surface area contributed by atoms with Crippen LogP contribution in [-0.2, 0) is 20.8 Å². The molecule has 6 heteroatoms. The van der Waals surface area contributed by atoms with E-state index in [2.05, 4.69) is 0 Å². The van der Waals surface area contributed by atoms with Gasteiger partial charge in [-0.1, -0.05) is 30.3 Å². The van der Waals surface area contributed by atoms with Gasteiger partial charge in [0, 0.05) is 39.6 Å². The molecule has 1 heterocycles. The van der Waals surface area contributed by atoms with E-state index in [9.17, 15) is 14.4 Å². The third kappa shape index (κ3) is 5.09. The maximum Gasteiger partial charge on any atom is 0.242 e. The van der Waals surface area contributed by atoms with Crippen LogP contribution in [0.2, 0.25) is 0 Å². The van der Waals surface area contributed by atoms with Gasteiger partial charge in [-0.2, -0.15) is 0 Å². The molecular formula is C17H23N3O3. The SMILES string of the molecule is CC(=O)N(CCc1ccccc1)CC(=O)N1CCN(C=O)CC1. The Morgan fingerprint density at radius 3 is 2.35 bits per heavy atom. The van der Waals surface area contributed by atoms with Crippen LogP contribution in [0.1, 0.15) is 12.5 Å². The first kappa shape index (κ1) is 17.0. The Labute approximate surface area is 136 Å². The lowest BCUT2D eigenvalue weighted by atomic mass is 10.1. The van der Waals surface area contributed by atoms with E-state index in [1.165, 1.54) is 6.92 Å². The number of piperazine rings is 1. The largest absolute Gasteiger partial charge is 0.342 e. The molecule has 1 aliphatic rings. The van der Waals surface area contributed by atoms with Crippen molar-refractivity contribution in [3.63, 3.8) is 0 Å². The summed E-state index contributed by atoms with van der Waals surface area (Å²) in [7, 11) is 0. The van der Waals surface area contributed by atoms with Crippen molar-refractivity contribution in [3.05, 3.63) is 35.9 Å². The van der Waals surface area contributed by atoms with Gasteiger partial charge >= 0.3 is 0 Å². The Hall–Kier alpha value is -2.37. The monoisotopic (exact) mass is 317 g/mol. The minimum Gasteiger partial charge on any atom is -0.342 e. The van der Waals surface area contributed by atoms with Gasteiger partial charge in [-0.3, -0.25) is 14.4 Å². The molecule has 0 unspecified atom stereocenters. The summed E-state index contributed by atoms with van der Waals surface area (Å²) in [6.45, 7) is 4.29.